The fourth-order valence-corrected chi connectivity index (χ4v) is 4.40. The van der Waals surface area contributed by atoms with Gasteiger partial charge in [-0.25, -0.2) is 8.42 Å². The summed E-state index contributed by atoms with van der Waals surface area (Å²) < 4.78 is 108. The van der Waals surface area contributed by atoms with Crippen LogP contribution in [0.25, 0.3) is 0 Å². The van der Waals surface area contributed by atoms with E-state index in [1.54, 1.807) is 33.8 Å². The van der Waals surface area contributed by atoms with Gasteiger partial charge in [0.05, 0.1) is 16.0 Å². The van der Waals surface area contributed by atoms with E-state index in [0.29, 0.717) is 12.1 Å². The number of nitrogens with zero attached hydrogens (tertiary/aromatic N) is 2. The number of benzene rings is 2. The Morgan fingerprint density at radius 3 is 1.81 bits per heavy atom. The lowest BCUT2D eigenvalue weighted by Crippen LogP contribution is -2.43. The fourth-order valence-electron chi connectivity index (χ4n) is 2.97. The van der Waals surface area contributed by atoms with Gasteiger partial charge in [-0.2, -0.15) is 31.6 Å². The highest BCUT2D eigenvalue weighted by atomic mass is 35.5. The fraction of sp³-hybridized carbons (Fsp3) is 0.375. The molecule has 1 N–H and O–H groups in total. The molecule has 0 saturated heterocycles. The molecule has 0 aliphatic carbocycles. The van der Waals surface area contributed by atoms with E-state index in [1.165, 1.54) is 12.1 Å². The van der Waals surface area contributed by atoms with Crippen LogP contribution in [-0.4, -0.2) is 21.5 Å². The van der Waals surface area contributed by atoms with Crippen LogP contribution in [0.1, 0.15) is 38.8 Å². The van der Waals surface area contributed by atoms with Crippen LogP contribution < -0.4 is 10.2 Å². The van der Waals surface area contributed by atoms with Crippen molar-refractivity contribution in [3.8, 4) is 6.07 Å². The van der Waals surface area contributed by atoms with Crippen molar-refractivity contribution in [2.24, 2.45) is 5.41 Å². The van der Waals surface area contributed by atoms with Gasteiger partial charge in [-0.05, 0) is 54.8 Å². The van der Waals surface area contributed by atoms with Gasteiger partial charge in [0.15, 0.2) is 4.91 Å². The largest absolute Gasteiger partial charge is 0.416 e. The van der Waals surface area contributed by atoms with Crippen LogP contribution in [0.15, 0.2) is 58.1 Å². The Hall–Kier alpha value is -2.91. The molecule has 0 aromatic heterocycles. The number of hydrogen-bond acceptors (Lipinski definition) is 5. The number of sulfone groups is 1. The minimum atomic E-state index is -5.12. The van der Waals surface area contributed by atoms with Crippen LogP contribution >= 0.6 is 11.6 Å². The number of hydrogen-bond donors (Lipinski definition) is 1. The molecule has 37 heavy (non-hydrogen) atoms. The number of anilines is 1. The van der Waals surface area contributed by atoms with Crippen molar-refractivity contribution < 1.29 is 34.8 Å². The molecule has 0 aliphatic rings. The van der Waals surface area contributed by atoms with Crippen molar-refractivity contribution >= 4 is 27.1 Å². The number of halogens is 7. The van der Waals surface area contributed by atoms with E-state index < -0.39 is 61.2 Å². The molecule has 0 saturated carbocycles. The third kappa shape index (κ3) is 7.11. The Morgan fingerprint density at radius 2 is 1.43 bits per heavy atom. The monoisotopic (exact) mass is 567 g/mol. The lowest BCUT2D eigenvalue weighted by molar-refractivity contribution is -0.143. The van der Waals surface area contributed by atoms with E-state index in [2.05, 4.69) is 5.32 Å². The van der Waals surface area contributed by atoms with Crippen molar-refractivity contribution in [2.45, 2.75) is 51.0 Å². The second kappa shape index (κ2) is 10.5. The van der Waals surface area contributed by atoms with Gasteiger partial charge in [-0.3, -0.25) is 0 Å². The predicted octanol–water partition coefficient (Wildman–Crippen LogP) is 7.00. The molecule has 0 heterocycles. The van der Waals surface area contributed by atoms with Gasteiger partial charge in [0, 0.05) is 23.8 Å². The lowest BCUT2D eigenvalue weighted by Gasteiger charge is -2.34. The molecule has 13 heteroatoms. The van der Waals surface area contributed by atoms with Gasteiger partial charge in [0.25, 0.3) is 0 Å². The molecular weight excluding hydrogens is 544 g/mol. The maximum absolute atomic E-state index is 13.5. The van der Waals surface area contributed by atoms with Crippen LogP contribution in [-0.2, 0) is 22.2 Å². The number of nitriles is 1. The van der Waals surface area contributed by atoms with E-state index >= 15 is 0 Å². The van der Waals surface area contributed by atoms with Crippen molar-refractivity contribution in [1.29, 1.82) is 5.26 Å². The zero-order valence-corrected chi connectivity index (χ0v) is 22.0. The first kappa shape index (κ1) is 30.3. The van der Waals surface area contributed by atoms with E-state index in [1.807, 2.05) is 0 Å². The lowest BCUT2D eigenvalue weighted by atomic mass is 9.88. The molecular formula is C24H24ClF6N3O2S. The number of rotatable bonds is 6. The average molecular weight is 568 g/mol. The van der Waals surface area contributed by atoms with Crippen molar-refractivity contribution in [3.05, 3.63) is 69.3 Å². The van der Waals surface area contributed by atoms with Crippen molar-refractivity contribution in [3.63, 3.8) is 0 Å². The SMILES string of the molecule is CC(N/C(=C(\C#N)S(=O)(=O)c1ccc(Cl)cc1)N(C)c1cc(C(F)(F)F)cc(C(F)(F)F)c1)C(C)(C)C. The van der Waals surface area contributed by atoms with Gasteiger partial charge in [0.1, 0.15) is 11.9 Å². The molecule has 0 aliphatic heterocycles. The molecule has 1 atom stereocenters. The van der Waals surface area contributed by atoms with E-state index in [9.17, 15) is 40.0 Å². The molecule has 0 fully saturated rings. The van der Waals surface area contributed by atoms with E-state index in [4.69, 9.17) is 11.6 Å². The Bertz CT molecular complexity index is 1290. The molecule has 5 nitrogen and oxygen atoms in total. The summed E-state index contributed by atoms with van der Waals surface area (Å²) >= 11 is 5.81. The molecule has 0 amide bonds. The third-order valence-corrected chi connectivity index (χ3v) is 7.62. The molecule has 1 unspecified atom stereocenters. The zero-order valence-electron chi connectivity index (χ0n) is 20.4. The summed E-state index contributed by atoms with van der Waals surface area (Å²) in [4.78, 5) is -0.456. The third-order valence-electron chi connectivity index (χ3n) is 5.66. The van der Waals surface area contributed by atoms with Gasteiger partial charge in [-0.1, -0.05) is 32.4 Å². The Balaban J connectivity index is 2.89. The number of alkyl halides is 6. The van der Waals surface area contributed by atoms with Crippen molar-refractivity contribution in [2.75, 3.05) is 11.9 Å². The Kier molecular flexibility index (Phi) is 8.57. The molecule has 2 aromatic rings. The van der Waals surface area contributed by atoms with Gasteiger partial charge >= 0.3 is 12.4 Å². The molecule has 0 bridgehead atoms. The first-order valence-corrected chi connectivity index (χ1v) is 12.5. The van der Waals surface area contributed by atoms with Crippen LogP contribution in [0, 0.1) is 16.7 Å². The zero-order chi connectivity index (χ0) is 28.6. The normalized spacial score (nSPS) is 14.5. The molecule has 202 valence electrons. The predicted molar refractivity (Wildman–Crippen MR) is 128 cm³/mol. The van der Waals surface area contributed by atoms with Crippen molar-refractivity contribution in [1.82, 2.24) is 5.32 Å². The second-order valence-corrected chi connectivity index (χ2v) is 11.6. The molecule has 0 spiro atoms. The first-order valence-electron chi connectivity index (χ1n) is 10.6. The van der Waals surface area contributed by atoms with Gasteiger partial charge in [0.2, 0.25) is 9.84 Å². The summed E-state index contributed by atoms with van der Waals surface area (Å²) in [6.45, 7) is 6.95. The Labute approximate surface area is 216 Å². The summed E-state index contributed by atoms with van der Waals surface area (Å²) in [7, 11) is -3.51. The van der Waals surface area contributed by atoms with Crippen LogP contribution in [0.5, 0.6) is 0 Å². The minimum absolute atomic E-state index is 0.0401. The van der Waals surface area contributed by atoms with E-state index in [0.717, 1.165) is 24.1 Å². The van der Waals surface area contributed by atoms with Gasteiger partial charge in [-0.15, -0.1) is 0 Å². The quantitative estimate of drug-likeness (QED) is 0.300. The van der Waals surface area contributed by atoms with Gasteiger partial charge < -0.3 is 10.2 Å². The van der Waals surface area contributed by atoms with Crippen LogP contribution in [0.4, 0.5) is 32.0 Å². The minimum Gasteiger partial charge on any atom is -0.367 e. The highest BCUT2D eigenvalue weighted by molar-refractivity contribution is 7.95. The molecule has 2 rings (SSSR count). The Morgan fingerprint density at radius 1 is 0.973 bits per heavy atom. The maximum atomic E-state index is 13.5. The molecule has 0 radical (unpaired) electrons. The summed E-state index contributed by atoms with van der Waals surface area (Å²) in [5.41, 5.74) is -4.37. The summed E-state index contributed by atoms with van der Waals surface area (Å²) in [6.07, 6.45) is -10.2. The molecule has 2 aromatic carbocycles. The second-order valence-electron chi connectivity index (χ2n) is 9.30. The van der Waals surface area contributed by atoms with Crippen LogP contribution in [0.3, 0.4) is 0 Å². The smallest absolute Gasteiger partial charge is 0.367 e. The van der Waals surface area contributed by atoms with E-state index in [-0.39, 0.29) is 16.0 Å². The van der Waals surface area contributed by atoms with Crippen LogP contribution in [0.2, 0.25) is 5.02 Å². The number of nitrogens with one attached hydrogen (secondary N) is 1. The maximum Gasteiger partial charge on any atom is 0.416 e. The highest BCUT2D eigenvalue weighted by Crippen LogP contribution is 2.39. The first-order chi connectivity index (χ1) is 16.7. The highest BCUT2D eigenvalue weighted by Gasteiger charge is 2.38. The summed E-state index contributed by atoms with van der Waals surface area (Å²) in [6, 6.07) is 6.63. The average Bonchev–Trinajstić information content (AvgIpc) is 2.76. The number of allylic oxidation sites excluding steroid dienone is 1. The standard InChI is InChI=1S/C24H24ClF6N3O2S/c1-14(22(2,3)4)33-21(20(13-32)37(35,36)19-8-6-17(25)7-9-19)34(5)18-11-15(23(26,27)28)10-16(12-18)24(29,30)31/h6-12,14,33H,1-5H3/b21-20-. The topological polar surface area (TPSA) is 73.2 Å². The summed E-state index contributed by atoms with van der Waals surface area (Å²) in [5, 5.41) is 12.9. The summed E-state index contributed by atoms with van der Waals surface area (Å²) in [5.74, 6) is -0.493.